The topological polar surface area (TPSA) is 78.0 Å². The number of carbonyl (C=O) groups excluding carboxylic acids is 1. The van der Waals surface area contributed by atoms with E-state index in [1.807, 2.05) is 40.9 Å². The Morgan fingerprint density at radius 2 is 1.81 bits per heavy atom. The van der Waals surface area contributed by atoms with E-state index in [4.69, 9.17) is 4.74 Å². The minimum Gasteiger partial charge on any atom is -0.444 e. The first-order chi connectivity index (χ1) is 12.2. The molecule has 7 nitrogen and oxygen atoms in total. The van der Waals surface area contributed by atoms with Gasteiger partial charge in [-0.15, -0.1) is 24.0 Å². The van der Waals surface area contributed by atoms with Crippen molar-refractivity contribution in [2.24, 2.45) is 4.99 Å². The molecular weight excluding hydrogens is 457 g/mol. The minimum absolute atomic E-state index is 0. The predicted molar refractivity (Wildman–Crippen MR) is 123 cm³/mol. The van der Waals surface area contributed by atoms with E-state index in [2.05, 4.69) is 44.0 Å². The number of carbonyl (C=O) groups is 1. The number of anilines is 1. The van der Waals surface area contributed by atoms with E-state index < -0.39 is 5.60 Å². The third kappa shape index (κ3) is 11.6. The molecule has 0 radical (unpaired) electrons. The molecule has 154 valence electrons. The van der Waals surface area contributed by atoms with Crippen LogP contribution < -0.4 is 20.9 Å². The molecule has 27 heavy (non-hydrogen) atoms. The second-order valence-electron chi connectivity index (χ2n) is 7.20. The van der Waals surface area contributed by atoms with Gasteiger partial charge in [-0.25, -0.2) is 4.79 Å². The largest absolute Gasteiger partial charge is 0.444 e. The summed E-state index contributed by atoms with van der Waals surface area (Å²) in [7, 11) is 5.79. The van der Waals surface area contributed by atoms with Gasteiger partial charge in [-0.05, 0) is 44.9 Å². The Bertz CT molecular complexity index is 600. The molecule has 0 aromatic heterocycles. The summed E-state index contributed by atoms with van der Waals surface area (Å²) in [5.74, 6) is 0.734. The van der Waals surface area contributed by atoms with Crippen LogP contribution in [0.25, 0.3) is 0 Å². The molecule has 0 aliphatic heterocycles. The first-order valence-corrected chi connectivity index (χ1v) is 8.89. The first kappa shape index (κ1) is 25.3. The number of rotatable bonds is 7. The number of guanidine groups is 1. The average Bonchev–Trinajstić information content (AvgIpc) is 2.56. The van der Waals surface area contributed by atoms with Gasteiger partial charge in [0.1, 0.15) is 5.60 Å². The van der Waals surface area contributed by atoms with Gasteiger partial charge in [-0.1, -0.05) is 12.1 Å². The van der Waals surface area contributed by atoms with E-state index in [0.717, 1.165) is 12.4 Å². The fourth-order valence-corrected chi connectivity index (χ4v) is 2.15. The maximum absolute atomic E-state index is 11.6. The molecule has 0 aliphatic carbocycles. The third-order valence-electron chi connectivity index (χ3n) is 3.42. The molecule has 3 N–H and O–H groups in total. The van der Waals surface area contributed by atoms with E-state index in [9.17, 15) is 4.79 Å². The maximum atomic E-state index is 11.6. The molecule has 0 saturated carbocycles. The Kier molecular flexibility index (Phi) is 11.8. The Balaban J connectivity index is 0.00000676. The van der Waals surface area contributed by atoms with Crippen molar-refractivity contribution in [1.82, 2.24) is 16.0 Å². The fraction of sp³-hybridized carbons (Fsp3) is 0.579. The molecule has 0 atom stereocenters. The van der Waals surface area contributed by atoms with Crippen molar-refractivity contribution in [3.05, 3.63) is 29.8 Å². The van der Waals surface area contributed by atoms with E-state index in [1.165, 1.54) is 11.3 Å². The molecular formula is C19H34IN5O2. The third-order valence-corrected chi connectivity index (χ3v) is 3.42. The van der Waals surface area contributed by atoms with Crippen LogP contribution in [0.15, 0.2) is 29.3 Å². The smallest absolute Gasteiger partial charge is 0.407 e. The lowest BCUT2D eigenvalue weighted by atomic mass is 10.2. The number of nitrogens with one attached hydrogen (secondary N) is 3. The van der Waals surface area contributed by atoms with Crippen LogP contribution in [0, 0.1) is 0 Å². The van der Waals surface area contributed by atoms with Crippen LogP contribution in [-0.2, 0) is 11.3 Å². The number of hydrogen-bond acceptors (Lipinski definition) is 4. The standard InChI is InChI=1S/C19H33N5O2.HI/c1-19(2,3)26-18(25)22-12-8-11-21-17(20-4)23-14-15-9-7-10-16(13-15)24(5)6;/h7,9-10,13H,8,11-12,14H2,1-6H3,(H,22,25)(H2,20,21,23);1H. The summed E-state index contributed by atoms with van der Waals surface area (Å²) < 4.78 is 5.19. The maximum Gasteiger partial charge on any atom is 0.407 e. The van der Waals surface area contributed by atoms with Gasteiger partial charge in [0.2, 0.25) is 0 Å². The number of alkyl carbamates (subject to hydrolysis) is 1. The Hall–Kier alpha value is -1.71. The van der Waals surface area contributed by atoms with Crippen LogP contribution >= 0.6 is 24.0 Å². The summed E-state index contributed by atoms with van der Waals surface area (Å²) in [4.78, 5) is 17.8. The number of hydrogen-bond donors (Lipinski definition) is 3. The van der Waals surface area contributed by atoms with E-state index >= 15 is 0 Å². The van der Waals surface area contributed by atoms with Crippen molar-refractivity contribution >= 4 is 41.7 Å². The van der Waals surface area contributed by atoms with Gasteiger partial charge in [0.25, 0.3) is 0 Å². The predicted octanol–water partition coefficient (Wildman–Crippen LogP) is 2.95. The molecule has 8 heteroatoms. The molecule has 1 aromatic carbocycles. The van der Waals surface area contributed by atoms with Gasteiger partial charge in [0, 0.05) is 46.5 Å². The summed E-state index contributed by atoms with van der Waals surface area (Å²) >= 11 is 0. The molecule has 1 rings (SSSR count). The van der Waals surface area contributed by atoms with Crippen molar-refractivity contribution in [2.45, 2.75) is 39.3 Å². The zero-order valence-corrected chi connectivity index (χ0v) is 19.6. The quantitative estimate of drug-likeness (QED) is 0.237. The summed E-state index contributed by atoms with van der Waals surface area (Å²) in [6.45, 7) is 7.47. The number of aliphatic imine (C=N–C) groups is 1. The Morgan fingerprint density at radius 1 is 1.15 bits per heavy atom. The number of benzene rings is 1. The second kappa shape index (κ2) is 12.6. The highest BCUT2D eigenvalue weighted by atomic mass is 127. The molecule has 0 heterocycles. The van der Waals surface area contributed by atoms with Crippen molar-refractivity contribution in [3.63, 3.8) is 0 Å². The Labute approximate surface area is 180 Å². The summed E-state index contributed by atoms with van der Waals surface area (Å²) in [5.41, 5.74) is 1.88. The van der Waals surface area contributed by atoms with Crippen molar-refractivity contribution in [3.8, 4) is 0 Å². The monoisotopic (exact) mass is 491 g/mol. The average molecular weight is 491 g/mol. The molecule has 1 amide bonds. The highest BCUT2D eigenvalue weighted by Gasteiger charge is 2.15. The molecule has 0 bridgehead atoms. The van der Waals surface area contributed by atoms with Gasteiger partial charge in [-0.3, -0.25) is 4.99 Å². The lowest BCUT2D eigenvalue weighted by Crippen LogP contribution is -2.39. The summed E-state index contributed by atoms with van der Waals surface area (Å²) in [6.07, 6.45) is 0.386. The van der Waals surface area contributed by atoms with Crippen LogP contribution in [0.1, 0.15) is 32.8 Å². The van der Waals surface area contributed by atoms with Gasteiger partial charge >= 0.3 is 6.09 Å². The van der Waals surface area contributed by atoms with Crippen molar-refractivity contribution < 1.29 is 9.53 Å². The highest BCUT2D eigenvalue weighted by molar-refractivity contribution is 14.0. The number of amides is 1. The van der Waals surface area contributed by atoms with Gasteiger partial charge < -0.3 is 25.6 Å². The zero-order chi connectivity index (χ0) is 19.6. The minimum atomic E-state index is -0.474. The highest BCUT2D eigenvalue weighted by Crippen LogP contribution is 2.13. The van der Waals surface area contributed by atoms with Gasteiger partial charge in [-0.2, -0.15) is 0 Å². The van der Waals surface area contributed by atoms with Crippen LogP contribution in [0.2, 0.25) is 0 Å². The molecule has 0 unspecified atom stereocenters. The van der Waals surface area contributed by atoms with Gasteiger partial charge in [0.15, 0.2) is 5.96 Å². The van der Waals surface area contributed by atoms with Crippen molar-refractivity contribution in [2.75, 3.05) is 39.1 Å². The second-order valence-corrected chi connectivity index (χ2v) is 7.20. The summed E-state index contributed by atoms with van der Waals surface area (Å²) in [5, 5.41) is 9.27. The van der Waals surface area contributed by atoms with Crippen molar-refractivity contribution in [1.29, 1.82) is 0 Å². The Morgan fingerprint density at radius 3 is 2.41 bits per heavy atom. The fourth-order valence-electron chi connectivity index (χ4n) is 2.15. The number of halogens is 1. The lowest BCUT2D eigenvalue weighted by molar-refractivity contribution is 0.0527. The molecule has 0 fully saturated rings. The first-order valence-electron chi connectivity index (χ1n) is 8.89. The normalized spacial score (nSPS) is 11.3. The van der Waals surface area contributed by atoms with Gasteiger partial charge in [0.05, 0.1) is 0 Å². The van der Waals surface area contributed by atoms with E-state index in [0.29, 0.717) is 19.6 Å². The summed E-state index contributed by atoms with van der Waals surface area (Å²) in [6, 6.07) is 8.35. The number of ether oxygens (including phenoxy) is 1. The zero-order valence-electron chi connectivity index (χ0n) is 17.3. The van der Waals surface area contributed by atoms with Crippen LogP contribution in [0.5, 0.6) is 0 Å². The molecule has 1 aromatic rings. The molecule has 0 aliphatic rings. The van der Waals surface area contributed by atoms with Crippen LogP contribution in [-0.4, -0.2) is 51.9 Å². The SMILES string of the molecule is CN=C(NCCCNC(=O)OC(C)(C)C)NCc1cccc(N(C)C)c1.I. The number of nitrogens with zero attached hydrogens (tertiary/aromatic N) is 2. The molecule has 0 saturated heterocycles. The van der Waals surface area contributed by atoms with E-state index in [-0.39, 0.29) is 30.1 Å². The van der Waals surface area contributed by atoms with Crippen LogP contribution in [0.3, 0.4) is 0 Å². The lowest BCUT2D eigenvalue weighted by Gasteiger charge is -2.19. The molecule has 0 spiro atoms. The van der Waals surface area contributed by atoms with Crippen LogP contribution in [0.4, 0.5) is 10.5 Å². The van der Waals surface area contributed by atoms with E-state index in [1.54, 1.807) is 7.05 Å².